The van der Waals surface area contributed by atoms with Crippen LogP contribution in [-0.2, 0) is 28.6 Å². The fourth-order valence-electron chi connectivity index (χ4n) is 8.92. The average molecular weight is 982 g/mol. The molecule has 0 amide bonds. The summed E-state index contributed by atoms with van der Waals surface area (Å²) in [5.74, 6) is -0.873. The molecule has 1 atom stereocenters. The van der Waals surface area contributed by atoms with E-state index in [-0.39, 0.29) is 31.1 Å². The summed E-state index contributed by atoms with van der Waals surface area (Å²) in [6, 6.07) is 0. The van der Waals surface area contributed by atoms with Crippen LogP contribution < -0.4 is 0 Å². The zero-order valence-corrected chi connectivity index (χ0v) is 46.8. The van der Waals surface area contributed by atoms with Crippen molar-refractivity contribution in [2.45, 2.75) is 329 Å². The van der Waals surface area contributed by atoms with E-state index in [9.17, 15) is 14.4 Å². The monoisotopic (exact) mass is 981 g/mol. The lowest BCUT2D eigenvalue weighted by molar-refractivity contribution is -0.167. The molecule has 0 aromatic rings. The number of ether oxygens (including phenoxy) is 3. The maximum absolute atomic E-state index is 12.8. The van der Waals surface area contributed by atoms with Gasteiger partial charge in [-0.3, -0.25) is 14.4 Å². The summed E-state index contributed by atoms with van der Waals surface area (Å²) in [5, 5.41) is 0. The molecule has 0 aromatic carbocycles. The van der Waals surface area contributed by atoms with Gasteiger partial charge in [-0.05, 0) is 83.5 Å². The number of esters is 3. The van der Waals surface area contributed by atoms with E-state index in [2.05, 4.69) is 69.4 Å². The fourth-order valence-corrected chi connectivity index (χ4v) is 8.92. The van der Waals surface area contributed by atoms with Crippen molar-refractivity contribution in [2.75, 3.05) is 13.2 Å². The molecule has 0 heterocycles. The van der Waals surface area contributed by atoms with Gasteiger partial charge in [-0.1, -0.05) is 268 Å². The maximum Gasteiger partial charge on any atom is 0.306 e. The first-order valence-corrected chi connectivity index (χ1v) is 30.6. The van der Waals surface area contributed by atoms with Crippen LogP contribution in [0.2, 0.25) is 0 Å². The van der Waals surface area contributed by atoms with Crippen molar-refractivity contribution in [1.29, 1.82) is 0 Å². The molecule has 6 nitrogen and oxygen atoms in total. The predicted octanol–water partition coefficient (Wildman–Crippen LogP) is 20.6. The molecule has 0 aliphatic carbocycles. The Morgan fingerprint density at radius 3 is 0.786 bits per heavy atom. The summed E-state index contributed by atoms with van der Waals surface area (Å²) < 4.78 is 16.8. The normalized spacial score (nSPS) is 12.3. The number of carbonyl (C=O) groups excluding carboxylic acids is 3. The Labute approximate surface area is 435 Å². The first-order chi connectivity index (χ1) is 34.5. The molecule has 0 fully saturated rings. The summed E-state index contributed by atoms with van der Waals surface area (Å²) in [6.45, 7) is 6.59. The Balaban J connectivity index is 4.09. The van der Waals surface area contributed by atoms with Gasteiger partial charge < -0.3 is 14.2 Å². The summed E-state index contributed by atoms with van der Waals surface area (Å²) in [7, 11) is 0. The van der Waals surface area contributed by atoms with Gasteiger partial charge in [0.15, 0.2) is 6.10 Å². The molecule has 0 aliphatic rings. The van der Waals surface area contributed by atoms with Crippen molar-refractivity contribution in [3.63, 3.8) is 0 Å². The van der Waals surface area contributed by atoms with Gasteiger partial charge in [-0.2, -0.15) is 0 Å². The molecule has 0 rings (SSSR count). The van der Waals surface area contributed by atoms with E-state index in [0.29, 0.717) is 19.3 Å². The van der Waals surface area contributed by atoms with E-state index in [1.807, 2.05) is 0 Å². The van der Waals surface area contributed by atoms with Crippen LogP contribution in [0.25, 0.3) is 0 Å². The van der Waals surface area contributed by atoms with Crippen LogP contribution in [0.1, 0.15) is 323 Å². The molecule has 0 aromatic heterocycles. The lowest BCUT2D eigenvalue weighted by Gasteiger charge is -2.18. The van der Waals surface area contributed by atoms with Crippen molar-refractivity contribution in [3.05, 3.63) is 48.6 Å². The number of hydrogen-bond acceptors (Lipinski definition) is 6. The minimum Gasteiger partial charge on any atom is -0.462 e. The third-order valence-corrected chi connectivity index (χ3v) is 13.6. The van der Waals surface area contributed by atoms with Gasteiger partial charge in [0, 0.05) is 19.3 Å². The first-order valence-electron chi connectivity index (χ1n) is 30.6. The average Bonchev–Trinajstić information content (AvgIpc) is 3.36. The topological polar surface area (TPSA) is 78.9 Å². The van der Waals surface area contributed by atoms with Crippen LogP contribution in [0.3, 0.4) is 0 Å². The second kappa shape index (κ2) is 58.9. The van der Waals surface area contributed by atoms with Gasteiger partial charge in [-0.25, -0.2) is 0 Å². The maximum atomic E-state index is 12.8. The van der Waals surface area contributed by atoms with Crippen LogP contribution in [0.15, 0.2) is 48.6 Å². The van der Waals surface area contributed by atoms with E-state index < -0.39 is 6.10 Å². The van der Waals surface area contributed by atoms with Gasteiger partial charge in [-0.15, -0.1) is 0 Å². The summed E-state index contributed by atoms with van der Waals surface area (Å²) in [6.07, 6.45) is 72.9. The van der Waals surface area contributed by atoms with E-state index in [1.54, 1.807) is 0 Å². The highest BCUT2D eigenvalue weighted by Crippen LogP contribution is 2.16. The Hall–Kier alpha value is -2.63. The van der Waals surface area contributed by atoms with Gasteiger partial charge in [0.05, 0.1) is 0 Å². The lowest BCUT2D eigenvalue weighted by Crippen LogP contribution is -2.30. The zero-order chi connectivity index (χ0) is 50.7. The molecule has 0 N–H and O–H groups in total. The molecule has 408 valence electrons. The molecule has 0 saturated heterocycles. The van der Waals surface area contributed by atoms with Crippen LogP contribution in [0.4, 0.5) is 0 Å². The highest BCUT2D eigenvalue weighted by Gasteiger charge is 2.19. The minimum absolute atomic E-state index is 0.0728. The summed E-state index contributed by atoms with van der Waals surface area (Å²) >= 11 is 0. The predicted molar refractivity (Wildman–Crippen MR) is 302 cm³/mol. The fraction of sp³-hybridized carbons (Fsp3) is 0.828. The molecule has 0 aliphatic heterocycles. The molecule has 0 radical (unpaired) electrons. The van der Waals surface area contributed by atoms with Crippen molar-refractivity contribution in [1.82, 2.24) is 0 Å². The van der Waals surface area contributed by atoms with E-state index in [0.717, 1.165) is 70.6 Å². The molecular weight excluding hydrogens is 865 g/mol. The van der Waals surface area contributed by atoms with Gasteiger partial charge >= 0.3 is 17.9 Å². The zero-order valence-electron chi connectivity index (χ0n) is 46.8. The van der Waals surface area contributed by atoms with Crippen molar-refractivity contribution >= 4 is 17.9 Å². The van der Waals surface area contributed by atoms with Crippen LogP contribution >= 0.6 is 0 Å². The molecule has 0 bridgehead atoms. The van der Waals surface area contributed by atoms with Crippen LogP contribution in [0.5, 0.6) is 0 Å². The lowest BCUT2D eigenvalue weighted by atomic mass is 10.0. The number of carbonyl (C=O) groups is 3. The van der Waals surface area contributed by atoms with E-state index >= 15 is 0 Å². The summed E-state index contributed by atoms with van der Waals surface area (Å²) in [4.78, 5) is 37.9. The largest absolute Gasteiger partial charge is 0.462 e. The van der Waals surface area contributed by atoms with Crippen LogP contribution in [0, 0.1) is 0 Å². The summed E-state index contributed by atoms with van der Waals surface area (Å²) in [5.41, 5.74) is 0. The molecule has 1 unspecified atom stereocenters. The number of unbranched alkanes of at least 4 members (excludes halogenated alkanes) is 37. The Bertz CT molecular complexity index is 1220. The molecule has 6 heteroatoms. The number of hydrogen-bond donors (Lipinski definition) is 0. The quantitative estimate of drug-likeness (QED) is 0.0261. The Morgan fingerprint density at radius 1 is 0.286 bits per heavy atom. The second-order valence-corrected chi connectivity index (χ2v) is 20.6. The van der Waals surface area contributed by atoms with Crippen molar-refractivity contribution < 1.29 is 28.6 Å². The highest BCUT2D eigenvalue weighted by atomic mass is 16.6. The molecule has 0 saturated carbocycles. The van der Waals surface area contributed by atoms with Gasteiger partial charge in [0.25, 0.3) is 0 Å². The first kappa shape index (κ1) is 67.4. The Morgan fingerprint density at radius 2 is 0.514 bits per heavy atom. The smallest absolute Gasteiger partial charge is 0.306 e. The molecular formula is C64H116O6. The Kier molecular flexibility index (Phi) is 56.7. The SMILES string of the molecule is CCCCCCC/C=C\C/C=C\CCCCCCCCCCCCCCCC(=O)OCC(COC(=O)CCCCCCCC)OC(=O)CCCCCCCCCCC/C=C\C/C=C\CCCCCCC. The van der Waals surface area contributed by atoms with Gasteiger partial charge in [0.2, 0.25) is 0 Å². The third kappa shape index (κ3) is 56.3. The van der Waals surface area contributed by atoms with Crippen LogP contribution in [-0.4, -0.2) is 37.2 Å². The minimum atomic E-state index is -0.772. The highest BCUT2D eigenvalue weighted by molar-refractivity contribution is 5.71. The number of rotatable bonds is 56. The van der Waals surface area contributed by atoms with Crippen molar-refractivity contribution in [3.8, 4) is 0 Å². The van der Waals surface area contributed by atoms with Gasteiger partial charge in [0.1, 0.15) is 13.2 Å². The standard InChI is InChI=1S/C64H116O6/c1-4-7-10-13-16-18-20-22-24-26-28-30-31-32-33-35-36-38-40-42-44-46-48-51-54-57-63(66)69-60-61(59-68-62(65)56-53-50-15-12-9-6-3)70-64(67)58-55-52-49-47-45-43-41-39-37-34-29-27-25-23-21-19-17-14-11-8-5-2/h20-23,26-29,61H,4-19,24-25,30-60H2,1-3H3/b22-20-,23-21-,28-26-,29-27-. The second-order valence-electron chi connectivity index (χ2n) is 20.6. The number of allylic oxidation sites excluding steroid dienone is 8. The molecule has 70 heavy (non-hydrogen) atoms. The third-order valence-electron chi connectivity index (χ3n) is 13.6. The van der Waals surface area contributed by atoms with Crippen molar-refractivity contribution in [2.24, 2.45) is 0 Å². The molecule has 0 spiro atoms. The van der Waals surface area contributed by atoms with E-state index in [4.69, 9.17) is 14.2 Å². The van der Waals surface area contributed by atoms with E-state index in [1.165, 1.54) is 212 Å².